The van der Waals surface area contributed by atoms with E-state index in [1.165, 1.54) is 12.1 Å². The molecule has 90 valence electrons. The normalized spacial score (nSPS) is 10.8. The van der Waals surface area contributed by atoms with Crippen molar-refractivity contribution in [3.63, 3.8) is 0 Å². The van der Waals surface area contributed by atoms with E-state index in [-0.39, 0.29) is 5.82 Å². The highest BCUT2D eigenvalue weighted by Crippen LogP contribution is 2.21. The van der Waals surface area contributed by atoms with Gasteiger partial charge in [-0.3, -0.25) is 0 Å². The van der Waals surface area contributed by atoms with Gasteiger partial charge in [-0.25, -0.2) is 4.39 Å². The molecular formula is C12H14FN3O. The Morgan fingerprint density at radius 1 is 1.41 bits per heavy atom. The monoisotopic (exact) mass is 235 g/mol. The fourth-order valence-corrected chi connectivity index (χ4v) is 1.55. The molecule has 0 saturated carbocycles. The first-order chi connectivity index (χ1) is 8.20. The Morgan fingerprint density at radius 3 is 2.94 bits per heavy atom. The lowest BCUT2D eigenvalue weighted by atomic mass is 10.1. The van der Waals surface area contributed by atoms with Crippen molar-refractivity contribution < 1.29 is 8.91 Å². The highest BCUT2D eigenvalue weighted by atomic mass is 19.1. The first kappa shape index (κ1) is 11.7. The molecule has 5 heteroatoms. The number of halogens is 1. The summed E-state index contributed by atoms with van der Waals surface area (Å²) in [6.45, 7) is 5.21. The number of nitrogens with zero attached hydrogens (tertiary/aromatic N) is 2. The van der Waals surface area contributed by atoms with Gasteiger partial charge < -0.3 is 9.84 Å². The van der Waals surface area contributed by atoms with Crippen LogP contribution in [0.4, 0.5) is 4.39 Å². The van der Waals surface area contributed by atoms with Crippen LogP contribution in [-0.4, -0.2) is 16.7 Å². The Kier molecular flexibility index (Phi) is 3.49. The maximum absolute atomic E-state index is 13.0. The van der Waals surface area contributed by atoms with Crippen LogP contribution in [0.5, 0.6) is 0 Å². The Morgan fingerprint density at radius 2 is 2.24 bits per heavy atom. The van der Waals surface area contributed by atoms with Gasteiger partial charge in [0.25, 0.3) is 0 Å². The number of hydrogen-bond donors (Lipinski definition) is 1. The molecule has 0 spiro atoms. The second-order valence-corrected chi connectivity index (χ2v) is 3.75. The molecule has 4 nitrogen and oxygen atoms in total. The van der Waals surface area contributed by atoms with Gasteiger partial charge in [-0.2, -0.15) is 4.98 Å². The first-order valence-corrected chi connectivity index (χ1v) is 5.50. The Bertz CT molecular complexity index is 510. The van der Waals surface area contributed by atoms with Gasteiger partial charge in [-0.05, 0) is 37.2 Å². The van der Waals surface area contributed by atoms with Crippen molar-refractivity contribution in [2.45, 2.75) is 20.4 Å². The highest BCUT2D eigenvalue weighted by molar-refractivity contribution is 5.59. The van der Waals surface area contributed by atoms with Crippen molar-refractivity contribution in [3.05, 3.63) is 35.5 Å². The maximum Gasteiger partial charge on any atom is 0.240 e. The summed E-state index contributed by atoms with van der Waals surface area (Å²) in [5, 5.41) is 6.98. The van der Waals surface area contributed by atoms with Crippen molar-refractivity contribution >= 4 is 0 Å². The van der Waals surface area contributed by atoms with Crippen LogP contribution in [0.25, 0.3) is 11.4 Å². The molecule has 0 aliphatic rings. The van der Waals surface area contributed by atoms with E-state index < -0.39 is 0 Å². The van der Waals surface area contributed by atoms with Gasteiger partial charge in [0.1, 0.15) is 5.82 Å². The summed E-state index contributed by atoms with van der Waals surface area (Å²) >= 11 is 0. The summed E-state index contributed by atoms with van der Waals surface area (Å²) in [4.78, 5) is 4.25. The molecule has 17 heavy (non-hydrogen) atoms. The number of benzene rings is 1. The minimum Gasteiger partial charge on any atom is -0.338 e. The molecule has 0 bridgehead atoms. The molecule has 0 unspecified atom stereocenters. The van der Waals surface area contributed by atoms with Crippen molar-refractivity contribution in [1.29, 1.82) is 0 Å². The van der Waals surface area contributed by atoms with E-state index in [1.54, 1.807) is 6.07 Å². The van der Waals surface area contributed by atoms with Gasteiger partial charge in [0.2, 0.25) is 11.7 Å². The summed E-state index contributed by atoms with van der Waals surface area (Å²) in [6, 6.07) is 4.50. The number of nitrogens with one attached hydrogen (secondary N) is 1. The van der Waals surface area contributed by atoms with Gasteiger partial charge >= 0.3 is 0 Å². The van der Waals surface area contributed by atoms with Crippen molar-refractivity contribution in [3.8, 4) is 11.4 Å². The van der Waals surface area contributed by atoms with Crippen LogP contribution in [0.15, 0.2) is 22.7 Å². The van der Waals surface area contributed by atoms with Gasteiger partial charge in [-0.1, -0.05) is 12.1 Å². The van der Waals surface area contributed by atoms with Crippen LogP contribution in [0.3, 0.4) is 0 Å². The molecule has 0 aliphatic heterocycles. The van der Waals surface area contributed by atoms with Gasteiger partial charge in [-0.15, -0.1) is 0 Å². The molecule has 0 aliphatic carbocycles. The van der Waals surface area contributed by atoms with E-state index in [1.807, 2.05) is 13.8 Å². The van der Waals surface area contributed by atoms with Crippen LogP contribution in [0.2, 0.25) is 0 Å². The molecule has 1 heterocycles. The maximum atomic E-state index is 13.0. The van der Waals surface area contributed by atoms with E-state index in [4.69, 9.17) is 4.52 Å². The van der Waals surface area contributed by atoms with E-state index in [2.05, 4.69) is 15.5 Å². The second-order valence-electron chi connectivity index (χ2n) is 3.75. The Balaban J connectivity index is 2.24. The molecule has 0 atom stereocenters. The lowest BCUT2D eigenvalue weighted by Crippen LogP contribution is -2.11. The smallest absolute Gasteiger partial charge is 0.240 e. The van der Waals surface area contributed by atoms with E-state index in [9.17, 15) is 4.39 Å². The van der Waals surface area contributed by atoms with Crippen molar-refractivity contribution in [1.82, 2.24) is 15.5 Å². The molecule has 1 aromatic heterocycles. The molecule has 0 saturated heterocycles. The largest absolute Gasteiger partial charge is 0.338 e. The summed E-state index contributed by atoms with van der Waals surface area (Å²) in [7, 11) is 0. The summed E-state index contributed by atoms with van der Waals surface area (Å²) in [5.41, 5.74) is 1.58. The predicted octanol–water partition coefficient (Wildman–Crippen LogP) is 2.29. The van der Waals surface area contributed by atoms with Crippen LogP contribution in [0.1, 0.15) is 18.4 Å². The topological polar surface area (TPSA) is 51.0 Å². The van der Waals surface area contributed by atoms with Gasteiger partial charge in [0.05, 0.1) is 6.54 Å². The van der Waals surface area contributed by atoms with E-state index in [0.29, 0.717) is 18.3 Å². The summed E-state index contributed by atoms with van der Waals surface area (Å²) in [6.07, 6.45) is 0. The number of aryl methyl sites for hydroxylation is 1. The van der Waals surface area contributed by atoms with E-state index >= 15 is 0 Å². The number of hydrogen-bond acceptors (Lipinski definition) is 4. The lowest BCUT2D eigenvalue weighted by molar-refractivity contribution is 0.369. The third-order valence-electron chi connectivity index (χ3n) is 2.42. The standard InChI is InChI=1S/C12H14FN3O/c1-3-14-7-11-15-12(16-17-11)10-5-4-9(13)6-8(10)2/h4-6,14H,3,7H2,1-2H3. The number of aromatic nitrogens is 2. The molecule has 0 radical (unpaired) electrons. The lowest BCUT2D eigenvalue weighted by Gasteiger charge is -1.99. The molecular weight excluding hydrogens is 221 g/mol. The van der Waals surface area contributed by atoms with Crippen molar-refractivity contribution in [2.24, 2.45) is 0 Å². The molecule has 2 aromatic rings. The van der Waals surface area contributed by atoms with Gasteiger partial charge in [0, 0.05) is 5.56 Å². The number of rotatable bonds is 4. The van der Waals surface area contributed by atoms with Crippen LogP contribution in [-0.2, 0) is 6.54 Å². The fraction of sp³-hybridized carbons (Fsp3) is 0.333. The Hall–Kier alpha value is -1.75. The van der Waals surface area contributed by atoms with Crippen LogP contribution >= 0.6 is 0 Å². The second kappa shape index (κ2) is 5.05. The zero-order valence-electron chi connectivity index (χ0n) is 9.83. The van der Waals surface area contributed by atoms with Crippen LogP contribution < -0.4 is 5.32 Å². The molecule has 1 aromatic carbocycles. The summed E-state index contributed by atoms with van der Waals surface area (Å²) < 4.78 is 18.0. The van der Waals surface area contributed by atoms with Gasteiger partial charge in [0.15, 0.2) is 0 Å². The average molecular weight is 235 g/mol. The third kappa shape index (κ3) is 2.68. The SMILES string of the molecule is CCNCc1nc(-c2ccc(F)cc2C)no1. The molecule has 1 N–H and O–H groups in total. The first-order valence-electron chi connectivity index (χ1n) is 5.50. The van der Waals surface area contributed by atoms with E-state index in [0.717, 1.165) is 17.7 Å². The molecule has 2 rings (SSSR count). The quantitative estimate of drug-likeness (QED) is 0.883. The average Bonchev–Trinajstić information content (AvgIpc) is 2.75. The Labute approximate surface area is 98.8 Å². The van der Waals surface area contributed by atoms with Crippen LogP contribution in [0, 0.1) is 12.7 Å². The zero-order chi connectivity index (χ0) is 12.3. The van der Waals surface area contributed by atoms with Crippen molar-refractivity contribution in [2.75, 3.05) is 6.54 Å². The molecule has 0 amide bonds. The minimum atomic E-state index is -0.261. The zero-order valence-corrected chi connectivity index (χ0v) is 9.83. The molecule has 0 fully saturated rings. The minimum absolute atomic E-state index is 0.261. The fourth-order valence-electron chi connectivity index (χ4n) is 1.55. The summed E-state index contributed by atoms with van der Waals surface area (Å²) in [5.74, 6) is 0.767. The third-order valence-corrected chi connectivity index (χ3v) is 2.42. The highest BCUT2D eigenvalue weighted by Gasteiger charge is 2.10. The predicted molar refractivity (Wildman–Crippen MR) is 61.8 cm³/mol.